The van der Waals surface area contributed by atoms with E-state index in [0.717, 1.165) is 0 Å². The van der Waals surface area contributed by atoms with Gasteiger partial charge in [0.1, 0.15) is 0 Å². The predicted octanol–water partition coefficient (Wildman–Crippen LogP) is 1.03. The fourth-order valence-corrected chi connectivity index (χ4v) is 0.727. The van der Waals surface area contributed by atoms with Crippen molar-refractivity contribution in [2.45, 2.75) is 0 Å². The zero-order valence-corrected chi connectivity index (χ0v) is 5.85. The Hall–Kier alpha value is -1.02. The number of hydrogen-bond donors (Lipinski definition) is 1. The lowest BCUT2D eigenvalue weighted by Gasteiger charge is -2.05. The molecule has 0 spiro atoms. The molecular weight excluding hydrogens is 150 g/mol. The molecule has 0 amide bonds. The maximum absolute atomic E-state index is 10.4. The molecule has 0 radical (unpaired) electrons. The molecule has 1 rings (SSSR count). The summed E-state index contributed by atoms with van der Waals surface area (Å²) in [5.41, 5.74) is 0.365. The highest BCUT2D eigenvalue weighted by Crippen LogP contribution is 2.08. The smallest absolute Gasteiger partial charge is 0.0406 e. The van der Waals surface area contributed by atoms with Gasteiger partial charge >= 0.3 is 0 Å². The third-order valence-corrected chi connectivity index (χ3v) is 1.36. The molecule has 10 heavy (non-hydrogen) atoms. The average Bonchev–Trinajstić information content (AvgIpc) is 1.88. The molecule has 3 heteroatoms. The first-order chi connectivity index (χ1) is 4.70. The van der Waals surface area contributed by atoms with Crippen LogP contribution >= 0.6 is 11.6 Å². The Morgan fingerprint density at radius 2 is 1.80 bits per heavy atom. The van der Waals surface area contributed by atoms with Crippen LogP contribution in [0.5, 0.6) is 0 Å². The number of rotatable bonds is 1. The monoisotopic (exact) mass is 154 g/mol. The third kappa shape index (κ3) is 1.48. The fourth-order valence-electron chi connectivity index (χ4n) is 0.601. The fraction of sp³-hybridized carbons (Fsp3) is 0. The van der Waals surface area contributed by atoms with Crippen molar-refractivity contribution in [3.05, 3.63) is 34.9 Å². The molecule has 0 bridgehead atoms. The normalized spacial score (nSPS) is 9.30. The highest BCUT2D eigenvalue weighted by atomic mass is 35.5. The first kappa shape index (κ1) is 7.09. The topological polar surface area (TPSA) is 46.9 Å². The Labute approximate surface area is 63.6 Å². The van der Waals surface area contributed by atoms with Crippen molar-refractivity contribution in [1.82, 2.24) is 0 Å². The Morgan fingerprint density at radius 3 is 2.20 bits per heavy atom. The molecule has 0 aliphatic rings. The average molecular weight is 155 g/mol. The summed E-state index contributed by atoms with van der Waals surface area (Å²) in [6.45, 7) is 0. The summed E-state index contributed by atoms with van der Waals surface area (Å²) in [4.78, 5) is 0. The standard InChI is InChI=1S/C7H6ClNO/c8-6-3-1-5(2-4-6)7(9)10/h1-4H,(H2,9,10)/p-1. The Balaban J connectivity index is 3.00. The lowest BCUT2D eigenvalue weighted by Crippen LogP contribution is -2.16. The molecule has 1 aromatic rings. The van der Waals surface area contributed by atoms with Crippen LogP contribution in [0.4, 0.5) is 0 Å². The molecule has 0 saturated heterocycles. The number of benzene rings is 1. The predicted molar refractivity (Wildman–Crippen MR) is 38.3 cm³/mol. The molecule has 0 unspecified atom stereocenters. The summed E-state index contributed by atoms with van der Waals surface area (Å²) < 4.78 is 0. The SMILES string of the molecule is N=C([O-])c1ccc(Cl)cc1. The summed E-state index contributed by atoms with van der Waals surface area (Å²) in [5, 5.41) is 17.7. The van der Waals surface area contributed by atoms with Crippen molar-refractivity contribution in [3.8, 4) is 0 Å². The van der Waals surface area contributed by atoms with Crippen LogP contribution in [-0.2, 0) is 0 Å². The van der Waals surface area contributed by atoms with Gasteiger partial charge in [-0.2, -0.15) is 0 Å². The van der Waals surface area contributed by atoms with Gasteiger partial charge in [0, 0.05) is 5.02 Å². The van der Waals surface area contributed by atoms with Crippen LogP contribution < -0.4 is 5.11 Å². The Kier molecular flexibility index (Phi) is 1.92. The third-order valence-electron chi connectivity index (χ3n) is 1.11. The minimum absolute atomic E-state index is 0.365. The second-order valence-electron chi connectivity index (χ2n) is 1.84. The van der Waals surface area contributed by atoms with Crippen molar-refractivity contribution in [2.75, 3.05) is 0 Å². The van der Waals surface area contributed by atoms with Gasteiger partial charge in [0.25, 0.3) is 0 Å². The van der Waals surface area contributed by atoms with Gasteiger partial charge in [0.05, 0.1) is 0 Å². The summed E-state index contributed by atoms with van der Waals surface area (Å²) >= 11 is 5.54. The molecule has 0 heterocycles. The number of halogens is 1. The molecule has 0 aliphatic carbocycles. The van der Waals surface area contributed by atoms with E-state index < -0.39 is 5.90 Å². The van der Waals surface area contributed by atoms with Gasteiger partial charge in [0.2, 0.25) is 0 Å². The molecule has 0 atom stereocenters. The second-order valence-corrected chi connectivity index (χ2v) is 2.27. The van der Waals surface area contributed by atoms with Gasteiger partial charge in [-0.05, 0) is 23.6 Å². The van der Waals surface area contributed by atoms with Gasteiger partial charge in [-0.3, -0.25) is 0 Å². The number of nitrogens with one attached hydrogen (secondary N) is 1. The van der Waals surface area contributed by atoms with E-state index >= 15 is 0 Å². The van der Waals surface area contributed by atoms with Crippen molar-refractivity contribution >= 4 is 17.5 Å². The molecule has 0 saturated carbocycles. The summed E-state index contributed by atoms with van der Waals surface area (Å²) in [5.74, 6) is -0.684. The van der Waals surface area contributed by atoms with Gasteiger partial charge in [0.15, 0.2) is 0 Å². The van der Waals surface area contributed by atoms with Crippen LogP contribution in [0.3, 0.4) is 0 Å². The van der Waals surface area contributed by atoms with Gasteiger partial charge in [-0.25, -0.2) is 0 Å². The summed E-state index contributed by atoms with van der Waals surface area (Å²) in [7, 11) is 0. The first-order valence-corrected chi connectivity index (χ1v) is 3.09. The molecule has 1 aromatic carbocycles. The summed E-state index contributed by atoms with van der Waals surface area (Å²) in [6.07, 6.45) is 0. The van der Waals surface area contributed by atoms with Crippen LogP contribution in [0.15, 0.2) is 24.3 Å². The largest absolute Gasteiger partial charge is 0.859 e. The second kappa shape index (κ2) is 2.71. The quantitative estimate of drug-likeness (QED) is 0.477. The van der Waals surface area contributed by atoms with Crippen LogP contribution in [-0.4, -0.2) is 5.90 Å². The van der Waals surface area contributed by atoms with Crippen molar-refractivity contribution in [3.63, 3.8) is 0 Å². The Bertz CT molecular complexity index is 242. The lowest BCUT2D eigenvalue weighted by molar-refractivity contribution is -0.214. The van der Waals surface area contributed by atoms with Gasteiger partial charge in [-0.15, -0.1) is 0 Å². The van der Waals surface area contributed by atoms with Gasteiger partial charge in [-0.1, -0.05) is 23.7 Å². The van der Waals surface area contributed by atoms with E-state index in [1.165, 1.54) is 12.1 Å². The highest BCUT2D eigenvalue weighted by Gasteiger charge is 1.88. The van der Waals surface area contributed by atoms with Crippen LogP contribution in [0.25, 0.3) is 0 Å². The maximum Gasteiger partial charge on any atom is 0.0406 e. The molecule has 1 N–H and O–H groups in total. The molecule has 2 nitrogen and oxygen atoms in total. The highest BCUT2D eigenvalue weighted by molar-refractivity contribution is 6.30. The molecule has 52 valence electrons. The van der Waals surface area contributed by atoms with Crippen LogP contribution in [0.1, 0.15) is 5.56 Å². The summed E-state index contributed by atoms with van der Waals surface area (Å²) in [6, 6.07) is 6.22. The van der Waals surface area contributed by atoms with Crippen LogP contribution in [0, 0.1) is 5.41 Å². The lowest BCUT2D eigenvalue weighted by atomic mass is 10.2. The Morgan fingerprint density at radius 1 is 1.30 bits per heavy atom. The molecular formula is C7H5ClNO-. The van der Waals surface area contributed by atoms with E-state index in [-0.39, 0.29) is 0 Å². The van der Waals surface area contributed by atoms with E-state index in [2.05, 4.69) is 0 Å². The first-order valence-electron chi connectivity index (χ1n) is 2.71. The van der Waals surface area contributed by atoms with Gasteiger partial charge < -0.3 is 10.5 Å². The van der Waals surface area contributed by atoms with Crippen molar-refractivity contribution in [1.29, 1.82) is 5.41 Å². The van der Waals surface area contributed by atoms with E-state index in [9.17, 15) is 5.11 Å². The van der Waals surface area contributed by atoms with Crippen molar-refractivity contribution in [2.24, 2.45) is 0 Å². The zero-order chi connectivity index (χ0) is 7.56. The number of hydrogen-bond acceptors (Lipinski definition) is 2. The molecule has 0 aliphatic heterocycles. The van der Waals surface area contributed by atoms with E-state index in [1.807, 2.05) is 0 Å². The van der Waals surface area contributed by atoms with Crippen LogP contribution in [0.2, 0.25) is 5.02 Å². The minimum Gasteiger partial charge on any atom is -0.859 e. The van der Waals surface area contributed by atoms with E-state index in [0.29, 0.717) is 10.6 Å². The maximum atomic E-state index is 10.4. The van der Waals surface area contributed by atoms with Crippen molar-refractivity contribution < 1.29 is 5.11 Å². The van der Waals surface area contributed by atoms with E-state index in [4.69, 9.17) is 17.0 Å². The molecule has 0 fully saturated rings. The zero-order valence-electron chi connectivity index (χ0n) is 5.10. The molecule has 0 aromatic heterocycles. The van der Waals surface area contributed by atoms with E-state index in [1.54, 1.807) is 12.1 Å². The minimum atomic E-state index is -0.684.